The zero-order valence-electron chi connectivity index (χ0n) is 21.8. The second-order valence-electron chi connectivity index (χ2n) is 9.85. The highest BCUT2D eigenvalue weighted by Crippen LogP contribution is 2.32. The summed E-state index contributed by atoms with van der Waals surface area (Å²) in [6.45, 7) is 8.49. The molecule has 0 bridgehead atoms. The molecular weight excluding hydrogens is 430 g/mol. The summed E-state index contributed by atoms with van der Waals surface area (Å²) >= 11 is 0. The van der Waals surface area contributed by atoms with Crippen LogP contribution >= 0.6 is 0 Å². The first kappa shape index (κ1) is 28.8. The molecule has 1 aliphatic heterocycles. The predicted octanol–water partition coefficient (Wildman–Crippen LogP) is 6.82. The van der Waals surface area contributed by atoms with E-state index in [4.69, 9.17) is 14.2 Å². The molecule has 3 unspecified atom stereocenters. The number of hydrogen-bond donors (Lipinski definition) is 1. The zero-order valence-corrected chi connectivity index (χ0v) is 21.8. The summed E-state index contributed by atoms with van der Waals surface area (Å²) in [4.78, 5) is 11.9. The van der Waals surface area contributed by atoms with Crippen LogP contribution in [0.5, 0.6) is 0 Å². The van der Waals surface area contributed by atoms with E-state index in [1.54, 1.807) is 0 Å². The van der Waals surface area contributed by atoms with Crippen molar-refractivity contribution in [3.63, 3.8) is 0 Å². The van der Waals surface area contributed by atoms with E-state index in [1.165, 1.54) is 38.5 Å². The van der Waals surface area contributed by atoms with Crippen LogP contribution in [0.2, 0.25) is 0 Å². The maximum Gasteiger partial charge on any atom is 0.407 e. The van der Waals surface area contributed by atoms with Crippen LogP contribution in [0, 0.1) is 11.8 Å². The number of nitrogens with zero attached hydrogens (tertiary/aromatic N) is 2. The third-order valence-corrected chi connectivity index (χ3v) is 6.92. The molecule has 0 aromatic heterocycles. The number of rotatable bonds is 18. The topological polar surface area (TPSA) is 81.5 Å². The number of carbonyl (C=O) groups excluding carboxylic acids is 1. The number of hydrogen-bond acceptors (Lipinski definition) is 6. The molecule has 34 heavy (non-hydrogen) atoms. The summed E-state index contributed by atoms with van der Waals surface area (Å²) in [5, 5.41) is 11.6. The van der Waals surface area contributed by atoms with Gasteiger partial charge in [0.15, 0.2) is 0 Å². The summed E-state index contributed by atoms with van der Waals surface area (Å²) in [6, 6.07) is 0.262. The Morgan fingerprint density at radius 3 is 2.56 bits per heavy atom. The van der Waals surface area contributed by atoms with Gasteiger partial charge < -0.3 is 19.5 Å². The Kier molecular flexibility index (Phi) is 15.9. The monoisotopic (exact) mass is 479 g/mol. The molecule has 0 aromatic rings. The largest absolute Gasteiger partial charge is 0.449 e. The fourth-order valence-corrected chi connectivity index (χ4v) is 4.74. The molecule has 1 amide bonds. The smallest absolute Gasteiger partial charge is 0.407 e. The fraction of sp³-hybridized carbons (Fsp3) is 0.889. The van der Waals surface area contributed by atoms with E-state index < -0.39 is 0 Å². The van der Waals surface area contributed by atoms with Gasteiger partial charge in [0.25, 0.3) is 0 Å². The second-order valence-corrected chi connectivity index (χ2v) is 9.85. The summed E-state index contributed by atoms with van der Waals surface area (Å²) in [5.41, 5.74) is 0.918. The highest BCUT2D eigenvalue weighted by Gasteiger charge is 2.20. The Balaban J connectivity index is 1.39. The van der Waals surface area contributed by atoms with Crippen molar-refractivity contribution < 1.29 is 19.0 Å². The predicted molar refractivity (Wildman–Crippen MR) is 136 cm³/mol. The summed E-state index contributed by atoms with van der Waals surface area (Å²) in [5.74, 6) is 1.75. The lowest BCUT2D eigenvalue weighted by atomic mass is 9.78. The van der Waals surface area contributed by atoms with E-state index in [9.17, 15) is 4.79 Å². The standard InChI is InChI=1S/C27H49N3O4/c1-3-18-32-21-22-33-19-9-7-13-25-14-15-26(30-29-25)16-20-34-27(31)28-17-8-6-12-24-11-5-4-10-23(24)2/h15,23-25H,3-14,16-22H2,1-2H3,(H,28,31). The Labute approximate surface area is 207 Å². The van der Waals surface area contributed by atoms with E-state index >= 15 is 0 Å². The van der Waals surface area contributed by atoms with Gasteiger partial charge in [0, 0.05) is 26.2 Å². The molecule has 7 heteroatoms. The van der Waals surface area contributed by atoms with Gasteiger partial charge >= 0.3 is 6.09 Å². The summed E-state index contributed by atoms with van der Waals surface area (Å²) < 4.78 is 16.3. The van der Waals surface area contributed by atoms with Crippen molar-refractivity contribution in [2.75, 3.05) is 39.6 Å². The normalized spacial score (nSPS) is 22.4. The molecule has 1 aliphatic carbocycles. The van der Waals surface area contributed by atoms with Crippen molar-refractivity contribution in [1.29, 1.82) is 0 Å². The fourth-order valence-electron chi connectivity index (χ4n) is 4.74. The average molecular weight is 480 g/mol. The molecule has 1 fully saturated rings. The minimum atomic E-state index is -0.323. The minimum Gasteiger partial charge on any atom is -0.449 e. The third kappa shape index (κ3) is 13.4. The highest BCUT2D eigenvalue weighted by atomic mass is 16.5. The van der Waals surface area contributed by atoms with E-state index in [2.05, 4.69) is 35.5 Å². The molecular formula is C27H49N3O4. The Bertz CT molecular complexity index is 596. The Hall–Kier alpha value is -1.47. The highest BCUT2D eigenvalue weighted by molar-refractivity contribution is 5.67. The first-order chi connectivity index (χ1) is 16.7. The molecule has 0 spiro atoms. The first-order valence-electron chi connectivity index (χ1n) is 13.8. The van der Waals surface area contributed by atoms with Crippen LogP contribution in [0.3, 0.4) is 0 Å². The third-order valence-electron chi connectivity index (χ3n) is 6.92. The van der Waals surface area contributed by atoms with Crippen molar-refractivity contribution in [2.45, 2.75) is 103 Å². The maximum absolute atomic E-state index is 11.9. The molecule has 1 N–H and O–H groups in total. The number of azo groups is 1. The van der Waals surface area contributed by atoms with Crippen LogP contribution in [0.25, 0.3) is 0 Å². The molecule has 0 radical (unpaired) electrons. The van der Waals surface area contributed by atoms with Gasteiger partial charge in [0.2, 0.25) is 0 Å². The molecule has 0 saturated heterocycles. The molecule has 2 aliphatic rings. The lowest BCUT2D eigenvalue weighted by Gasteiger charge is -2.28. The lowest BCUT2D eigenvalue weighted by molar-refractivity contribution is 0.0464. The van der Waals surface area contributed by atoms with Crippen LogP contribution in [-0.4, -0.2) is 51.7 Å². The molecule has 2 rings (SSSR count). The Morgan fingerprint density at radius 2 is 1.79 bits per heavy atom. The van der Waals surface area contributed by atoms with Gasteiger partial charge in [-0.25, -0.2) is 4.79 Å². The SMILES string of the molecule is CCCOCCOCCCCC1CC=C(CCOC(=O)NCCCCC2CCCCC2C)N=N1. The number of alkyl carbamates (subject to hydrolysis) is 1. The van der Waals surface area contributed by atoms with E-state index in [0.29, 0.717) is 32.8 Å². The lowest BCUT2D eigenvalue weighted by Crippen LogP contribution is -2.26. The minimum absolute atomic E-state index is 0.262. The van der Waals surface area contributed by atoms with Gasteiger partial charge in [0.05, 0.1) is 31.6 Å². The van der Waals surface area contributed by atoms with Crippen LogP contribution in [0.4, 0.5) is 4.79 Å². The second kappa shape index (κ2) is 18.8. The summed E-state index contributed by atoms with van der Waals surface area (Å²) in [7, 11) is 0. The van der Waals surface area contributed by atoms with E-state index in [1.807, 2.05) is 0 Å². The summed E-state index contributed by atoms with van der Waals surface area (Å²) in [6.07, 6.45) is 16.6. The van der Waals surface area contributed by atoms with E-state index in [0.717, 1.165) is 69.3 Å². The van der Waals surface area contributed by atoms with Gasteiger partial charge in [-0.05, 0) is 50.4 Å². The zero-order chi connectivity index (χ0) is 24.3. The van der Waals surface area contributed by atoms with Gasteiger partial charge in [-0.3, -0.25) is 0 Å². The molecule has 1 heterocycles. The first-order valence-corrected chi connectivity index (χ1v) is 13.8. The average Bonchev–Trinajstić information content (AvgIpc) is 2.85. The van der Waals surface area contributed by atoms with Crippen molar-refractivity contribution in [1.82, 2.24) is 5.32 Å². The maximum atomic E-state index is 11.9. The quantitative estimate of drug-likeness (QED) is 0.219. The van der Waals surface area contributed by atoms with Crippen LogP contribution < -0.4 is 5.32 Å². The van der Waals surface area contributed by atoms with Crippen LogP contribution in [0.15, 0.2) is 22.0 Å². The molecule has 1 saturated carbocycles. The van der Waals surface area contributed by atoms with Gasteiger partial charge in [-0.1, -0.05) is 58.4 Å². The van der Waals surface area contributed by atoms with Crippen molar-refractivity contribution >= 4 is 6.09 Å². The Morgan fingerprint density at radius 1 is 1.00 bits per heavy atom. The van der Waals surface area contributed by atoms with Crippen molar-refractivity contribution in [3.05, 3.63) is 11.8 Å². The van der Waals surface area contributed by atoms with E-state index in [-0.39, 0.29) is 12.1 Å². The van der Waals surface area contributed by atoms with Crippen molar-refractivity contribution in [2.24, 2.45) is 22.1 Å². The molecule has 7 nitrogen and oxygen atoms in total. The number of unbranched alkanes of at least 4 members (excludes halogenated alkanes) is 2. The number of carbonyl (C=O) groups is 1. The molecule has 3 atom stereocenters. The van der Waals surface area contributed by atoms with Crippen LogP contribution in [0.1, 0.15) is 97.3 Å². The van der Waals surface area contributed by atoms with Gasteiger partial charge in [-0.15, -0.1) is 0 Å². The number of nitrogens with one attached hydrogen (secondary N) is 1. The number of amides is 1. The molecule has 0 aromatic carbocycles. The van der Waals surface area contributed by atoms with Gasteiger partial charge in [0.1, 0.15) is 0 Å². The molecule has 196 valence electrons. The van der Waals surface area contributed by atoms with Gasteiger partial charge in [-0.2, -0.15) is 10.2 Å². The number of ether oxygens (including phenoxy) is 3. The van der Waals surface area contributed by atoms with Crippen LogP contribution in [-0.2, 0) is 14.2 Å². The van der Waals surface area contributed by atoms with Crippen molar-refractivity contribution in [3.8, 4) is 0 Å².